The van der Waals surface area contributed by atoms with Gasteiger partial charge in [-0.05, 0) is 30.5 Å². The third-order valence-corrected chi connectivity index (χ3v) is 6.18. The van der Waals surface area contributed by atoms with E-state index in [0.29, 0.717) is 16.3 Å². The maximum Gasteiger partial charge on any atom is 0.263 e. The van der Waals surface area contributed by atoms with E-state index < -0.39 is 10.0 Å². The Labute approximate surface area is 148 Å². The Morgan fingerprint density at radius 2 is 1.68 bits per heavy atom. The van der Waals surface area contributed by atoms with Crippen molar-refractivity contribution in [3.05, 3.63) is 65.7 Å². The number of nitrogens with zero attached hydrogens (tertiary/aromatic N) is 2. The van der Waals surface area contributed by atoms with Crippen molar-refractivity contribution >= 4 is 15.9 Å². The molecule has 1 N–H and O–H groups in total. The molecule has 25 heavy (non-hydrogen) atoms. The van der Waals surface area contributed by atoms with E-state index >= 15 is 0 Å². The Kier molecular flexibility index (Phi) is 4.31. The molecular weight excluding hydrogens is 334 g/mol. The molecule has 0 bridgehead atoms. The number of nitrogens with one attached hydrogen (secondary N) is 1. The number of hydrogen-bond acceptors (Lipinski definition) is 4. The fourth-order valence-electron chi connectivity index (χ4n) is 3.46. The lowest BCUT2D eigenvalue weighted by Gasteiger charge is -2.30. The molecule has 2 aromatic rings. The van der Waals surface area contributed by atoms with Gasteiger partial charge in [0.05, 0.1) is 10.9 Å². The molecule has 2 aliphatic heterocycles. The molecule has 0 amide bonds. The zero-order chi connectivity index (χ0) is 17.3. The van der Waals surface area contributed by atoms with Gasteiger partial charge in [-0.25, -0.2) is 8.42 Å². The molecule has 2 heterocycles. The Bertz CT molecular complexity index is 886. The van der Waals surface area contributed by atoms with Gasteiger partial charge >= 0.3 is 0 Å². The predicted molar refractivity (Wildman–Crippen MR) is 98.0 cm³/mol. The van der Waals surface area contributed by atoms with E-state index in [-0.39, 0.29) is 6.04 Å². The Morgan fingerprint density at radius 3 is 2.44 bits per heavy atom. The van der Waals surface area contributed by atoms with Crippen LogP contribution in [0.1, 0.15) is 24.0 Å². The van der Waals surface area contributed by atoms with E-state index in [1.165, 1.54) is 5.56 Å². The summed E-state index contributed by atoms with van der Waals surface area (Å²) >= 11 is 0. The topological polar surface area (TPSA) is 61.8 Å². The molecule has 0 unspecified atom stereocenters. The molecule has 0 spiro atoms. The van der Waals surface area contributed by atoms with Crippen LogP contribution < -0.4 is 4.72 Å². The summed E-state index contributed by atoms with van der Waals surface area (Å²) in [7, 11) is -3.45. The summed E-state index contributed by atoms with van der Waals surface area (Å²) < 4.78 is 26.9. The van der Waals surface area contributed by atoms with E-state index in [9.17, 15) is 8.42 Å². The molecule has 4 rings (SSSR count). The highest BCUT2D eigenvalue weighted by atomic mass is 32.2. The number of rotatable bonds is 3. The highest BCUT2D eigenvalue weighted by Crippen LogP contribution is 2.24. The van der Waals surface area contributed by atoms with Gasteiger partial charge in [-0.2, -0.15) is 0 Å². The van der Waals surface area contributed by atoms with Crippen LogP contribution >= 0.6 is 0 Å². The number of piperidine rings is 1. The van der Waals surface area contributed by atoms with Crippen LogP contribution in [-0.2, 0) is 16.6 Å². The zero-order valence-electron chi connectivity index (χ0n) is 13.9. The van der Waals surface area contributed by atoms with Crippen molar-refractivity contribution in [3.8, 4) is 0 Å². The third kappa shape index (κ3) is 3.45. The second-order valence-corrected chi connectivity index (χ2v) is 8.22. The van der Waals surface area contributed by atoms with E-state index in [2.05, 4.69) is 33.9 Å². The van der Waals surface area contributed by atoms with E-state index in [4.69, 9.17) is 4.99 Å². The highest BCUT2D eigenvalue weighted by Gasteiger charge is 2.31. The van der Waals surface area contributed by atoms with Gasteiger partial charge in [0.1, 0.15) is 5.84 Å². The number of aliphatic imine (C=N–C) groups is 1. The molecule has 2 aromatic carbocycles. The summed E-state index contributed by atoms with van der Waals surface area (Å²) in [4.78, 5) is 7.47. The van der Waals surface area contributed by atoms with Crippen molar-refractivity contribution in [2.24, 2.45) is 4.99 Å². The van der Waals surface area contributed by atoms with Crippen LogP contribution in [0.25, 0.3) is 0 Å². The summed E-state index contributed by atoms with van der Waals surface area (Å²) in [5.41, 5.74) is 2.01. The normalized spacial score (nSPS) is 21.8. The summed E-state index contributed by atoms with van der Waals surface area (Å²) in [6, 6.07) is 17.7. The first-order valence-corrected chi connectivity index (χ1v) is 10.1. The van der Waals surface area contributed by atoms with Crippen LogP contribution in [0.3, 0.4) is 0 Å². The Balaban J connectivity index is 1.43. The minimum Gasteiger partial charge on any atom is -0.299 e. The second kappa shape index (κ2) is 6.61. The first-order chi connectivity index (χ1) is 12.1. The molecular formula is C19H21N3O2S. The lowest BCUT2D eigenvalue weighted by atomic mass is 10.0. The number of benzene rings is 2. The van der Waals surface area contributed by atoms with Crippen LogP contribution in [0.4, 0.5) is 0 Å². The molecule has 0 aromatic heterocycles. The monoisotopic (exact) mass is 355 g/mol. The standard InChI is InChI=1S/C19H21N3O2S/c23-25(24)18-9-5-4-8-17(18)19(21-25)20-16-10-12-22(13-11-16)14-15-6-2-1-3-7-15/h1-9,16H,10-14H2,(H,20,21). The summed E-state index contributed by atoms with van der Waals surface area (Å²) in [5, 5.41) is 0. The van der Waals surface area contributed by atoms with Gasteiger partial charge in [-0.15, -0.1) is 0 Å². The van der Waals surface area contributed by atoms with Crippen LogP contribution in [0.2, 0.25) is 0 Å². The summed E-state index contributed by atoms with van der Waals surface area (Å²) in [6.07, 6.45) is 1.89. The van der Waals surface area contributed by atoms with Gasteiger partial charge < -0.3 is 0 Å². The molecule has 1 fully saturated rings. The van der Waals surface area contributed by atoms with Crippen molar-refractivity contribution in [3.63, 3.8) is 0 Å². The first-order valence-electron chi connectivity index (χ1n) is 8.58. The minimum atomic E-state index is -3.45. The van der Waals surface area contributed by atoms with Crippen LogP contribution in [0.15, 0.2) is 64.5 Å². The number of amidine groups is 1. The molecule has 6 heteroatoms. The molecule has 130 valence electrons. The molecule has 0 radical (unpaired) electrons. The van der Waals surface area contributed by atoms with Gasteiger partial charge in [0, 0.05) is 25.2 Å². The second-order valence-electron chi connectivity index (χ2n) is 6.57. The van der Waals surface area contributed by atoms with Gasteiger partial charge in [0.2, 0.25) is 0 Å². The van der Waals surface area contributed by atoms with Crippen molar-refractivity contribution in [2.75, 3.05) is 13.1 Å². The van der Waals surface area contributed by atoms with E-state index in [1.807, 2.05) is 18.2 Å². The molecule has 5 nitrogen and oxygen atoms in total. The quantitative estimate of drug-likeness (QED) is 0.920. The molecule has 0 atom stereocenters. The number of likely N-dealkylation sites (tertiary alicyclic amines) is 1. The molecule has 0 aliphatic carbocycles. The predicted octanol–water partition coefficient (Wildman–Crippen LogP) is 2.39. The average molecular weight is 355 g/mol. The fraction of sp³-hybridized carbons (Fsp3) is 0.316. The van der Waals surface area contributed by atoms with E-state index in [0.717, 1.165) is 32.5 Å². The van der Waals surface area contributed by atoms with Crippen molar-refractivity contribution in [1.29, 1.82) is 0 Å². The van der Waals surface area contributed by atoms with Crippen LogP contribution in [0, 0.1) is 0 Å². The van der Waals surface area contributed by atoms with Crippen molar-refractivity contribution in [1.82, 2.24) is 9.62 Å². The van der Waals surface area contributed by atoms with Gasteiger partial charge in [-0.1, -0.05) is 42.5 Å². The summed E-state index contributed by atoms with van der Waals surface area (Å²) in [6.45, 7) is 2.91. The largest absolute Gasteiger partial charge is 0.299 e. The lowest BCUT2D eigenvalue weighted by molar-refractivity contribution is 0.206. The maximum atomic E-state index is 12.2. The van der Waals surface area contributed by atoms with Gasteiger partial charge in [-0.3, -0.25) is 14.6 Å². The Hall–Kier alpha value is -2.18. The summed E-state index contributed by atoms with van der Waals surface area (Å²) in [5.74, 6) is 0.497. The van der Waals surface area contributed by atoms with Crippen LogP contribution in [-0.4, -0.2) is 38.3 Å². The lowest BCUT2D eigenvalue weighted by Crippen LogP contribution is -2.36. The van der Waals surface area contributed by atoms with E-state index in [1.54, 1.807) is 12.1 Å². The molecule has 0 saturated carbocycles. The molecule has 1 saturated heterocycles. The zero-order valence-corrected chi connectivity index (χ0v) is 14.7. The maximum absolute atomic E-state index is 12.2. The van der Waals surface area contributed by atoms with Crippen molar-refractivity contribution < 1.29 is 8.42 Å². The van der Waals surface area contributed by atoms with Crippen molar-refractivity contribution in [2.45, 2.75) is 30.3 Å². The Morgan fingerprint density at radius 1 is 1.00 bits per heavy atom. The first kappa shape index (κ1) is 16.3. The number of sulfonamides is 1. The minimum absolute atomic E-state index is 0.163. The number of fused-ring (bicyclic) bond motifs is 1. The fourth-order valence-corrected chi connectivity index (χ4v) is 4.70. The third-order valence-electron chi connectivity index (χ3n) is 4.78. The smallest absolute Gasteiger partial charge is 0.263 e. The van der Waals surface area contributed by atoms with Crippen LogP contribution in [0.5, 0.6) is 0 Å². The molecule has 2 aliphatic rings. The van der Waals surface area contributed by atoms with Gasteiger partial charge in [0.15, 0.2) is 0 Å². The average Bonchev–Trinajstić information content (AvgIpc) is 2.88. The highest BCUT2D eigenvalue weighted by molar-refractivity contribution is 7.90. The SMILES string of the molecule is O=S1(=O)NC(=NC2CCN(Cc3ccccc3)CC2)c2ccccc21. The number of hydrogen-bond donors (Lipinski definition) is 1. The van der Waals surface area contributed by atoms with Gasteiger partial charge in [0.25, 0.3) is 10.0 Å².